The minimum absolute atomic E-state index is 0.120. The molecule has 0 unspecified atom stereocenters. The van der Waals surface area contributed by atoms with E-state index in [1.165, 1.54) is 11.8 Å². The number of carbonyl (C=O) groups is 1. The van der Waals surface area contributed by atoms with E-state index in [4.69, 9.17) is 14.5 Å². The third-order valence-corrected chi connectivity index (χ3v) is 6.22. The lowest BCUT2D eigenvalue weighted by Gasteiger charge is -2.13. The largest absolute Gasteiger partial charge is 0.454 e. The number of rotatable bonds is 6. The molecule has 0 bridgehead atoms. The molecule has 3 aromatic carbocycles. The fraction of sp³-hybridized carbons (Fsp3) is 0.0741. The first-order valence-corrected chi connectivity index (χ1v) is 11.6. The number of ether oxygens (including phenoxy) is 2. The van der Waals surface area contributed by atoms with Crippen molar-refractivity contribution < 1.29 is 14.3 Å². The summed E-state index contributed by atoms with van der Waals surface area (Å²) in [7, 11) is 0. The molecule has 2 heterocycles. The lowest BCUT2D eigenvalue weighted by atomic mass is 9.99. The molecule has 166 valence electrons. The predicted octanol–water partition coefficient (Wildman–Crippen LogP) is 5.75. The first-order chi connectivity index (χ1) is 16.7. The van der Waals surface area contributed by atoms with Gasteiger partial charge in [0.05, 0.1) is 17.0 Å². The minimum Gasteiger partial charge on any atom is -0.454 e. The van der Waals surface area contributed by atoms with Gasteiger partial charge in [-0.15, -0.1) is 0 Å². The van der Waals surface area contributed by atoms with Crippen LogP contribution in [0.5, 0.6) is 11.5 Å². The second kappa shape index (κ2) is 9.69. The summed E-state index contributed by atoms with van der Waals surface area (Å²) in [6.07, 6.45) is 0. The van der Waals surface area contributed by atoms with Crippen LogP contribution in [0.2, 0.25) is 0 Å². The molecule has 0 saturated heterocycles. The summed E-state index contributed by atoms with van der Waals surface area (Å²) < 4.78 is 11.0. The van der Waals surface area contributed by atoms with Crippen LogP contribution in [0.1, 0.15) is 5.56 Å². The molecule has 1 aliphatic rings. The van der Waals surface area contributed by atoms with Crippen LogP contribution in [0.3, 0.4) is 0 Å². The highest BCUT2D eigenvalue weighted by atomic mass is 32.2. The molecule has 1 amide bonds. The number of benzene rings is 3. The fourth-order valence-electron chi connectivity index (χ4n) is 3.64. The van der Waals surface area contributed by atoms with Gasteiger partial charge in [0.15, 0.2) is 11.5 Å². The Hall–Kier alpha value is -4.28. The zero-order chi connectivity index (χ0) is 23.3. The number of nitrogens with one attached hydrogen (secondary N) is 1. The van der Waals surface area contributed by atoms with E-state index in [-0.39, 0.29) is 18.5 Å². The standard InChI is InChI=1S/C27H19N3O3S/c28-15-22-21(19-11-12-24-25(13-19)33-17-32-24)14-23(18-7-3-1-4-8-18)30-27(22)34-16-26(31)29-20-9-5-2-6-10-20/h1-14H,16-17H2,(H,29,31). The van der Waals surface area contributed by atoms with E-state index in [2.05, 4.69) is 11.4 Å². The highest BCUT2D eigenvalue weighted by Gasteiger charge is 2.20. The van der Waals surface area contributed by atoms with E-state index in [9.17, 15) is 10.1 Å². The molecule has 34 heavy (non-hydrogen) atoms. The number of amides is 1. The van der Waals surface area contributed by atoms with Gasteiger partial charge < -0.3 is 14.8 Å². The molecule has 0 atom stereocenters. The SMILES string of the molecule is N#Cc1c(-c2ccc3c(c2)OCO3)cc(-c2ccccc2)nc1SCC(=O)Nc1ccccc1. The molecule has 6 nitrogen and oxygen atoms in total. The lowest BCUT2D eigenvalue weighted by molar-refractivity contribution is -0.113. The van der Waals surface area contributed by atoms with Crippen LogP contribution < -0.4 is 14.8 Å². The topological polar surface area (TPSA) is 84.2 Å². The molecular formula is C27H19N3O3S. The lowest BCUT2D eigenvalue weighted by Crippen LogP contribution is -2.14. The summed E-state index contributed by atoms with van der Waals surface area (Å²) in [6.45, 7) is 0.174. The molecule has 0 saturated carbocycles. The van der Waals surface area contributed by atoms with Crippen LogP contribution in [0, 0.1) is 11.3 Å². The van der Waals surface area contributed by atoms with E-state index in [0.717, 1.165) is 28.1 Å². The number of carbonyl (C=O) groups excluding carboxylic acids is 1. The van der Waals surface area contributed by atoms with Crippen molar-refractivity contribution in [2.75, 3.05) is 17.9 Å². The molecule has 5 rings (SSSR count). The van der Waals surface area contributed by atoms with Gasteiger partial charge in [-0.25, -0.2) is 4.98 Å². The quantitative estimate of drug-likeness (QED) is 0.365. The third-order valence-electron chi connectivity index (χ3n) is 5.25. The third kappa shape index (κ3) is 4.58. The normalized spacial score (nSPS) is 11.6. The molecule has 0 aliphatic carbocycles. The van der Waals surface area contributed by atoms with E-state index in [0.29, 0.717) is 22.1 Å². The Kier molecular flexibility index (Phi) is 6.15. The highest BCUT2D eigenvalue weighted by Crippen LogP contribution is 2.39. The first kappa shape index (κ1) is 21.6. The molecule has 4 aromatic rings. The van der Waals surface area contributed by atoms with Crippen LogP contribution in [-0.4, -0.2) is 23.4 Å². The molecule has 1 aliphatic heterocycles. The maximum atomic E-state index is 12.6. The van der Waals surface area contributed by atoms with Gasteiger partial charge in [-0.3, -0.25) is 4.79 Å². The predicted molar refractivity (Wildman–Crippen MR) is 132 cm³/mol. The van der Waals surface area contributed by atoms with Crippen LogP contribution in [0.4, 0.5) is 5.69 Å². The van der Waals surface area contributed by atoms with Gasteiger partial charge in [0, 0.05) is 16.8 Å². The van der Waals surface area contributed by atoms with Gasteiger partial charge in [-0.05, 0) is 35.9 Å². The Balaban J connectivity index is 1.51. The number of hydrogen-bond acceptors (Lipinski definition) is 6. The summed E-state index contributed by atoms with van der Waals surface area (Å²) in [5, 5.41) is 13.4. The number of pyridine rings is 1. The number of para-hydroxylation sites is 1. The average Bonchev–Trinajstić information content (AvgIpc) is 3.36. The molecule has 1 N–H and O–H groups in total. The van der Waals surface area contributed by atoms with E-state index >= 15 is 0 Å². The number of hydrogen-bond donors (Lipinski definition) is 1. The van der Waals surface area contributed by atoms with Gasteiger partial charge >= 0.3 is 0 Å². The zero-order valence-corrected chi connectivity index (χ0v) is 18.8. The van der Waals surface area contributed by atoms with Crippen molar-refractivity contribution in [3.63, 3.8) is 0 Å². The van der Waals surface area contributed by atoms with E-state index in [1.54, 1.807) is 0 Å². The van der Waals surface area contributed by atoms with Crippen molar-refractivity contribution in [2.45, 2.75) is 5.03 Å². The van der Waals surface area contributed by atoms with Crippen molar-refractivity contribution in [1.29, 1.82) is 5.26 Å². The maximum absolute atomic E-state index is 12.6. The van der Waals surface area contributed by atoms with Crippen molar-refractivity contribution in [1.82, 2.24) is 4.98 Å². The molecule has 0 radical (unpaired) electrons. The summed E-state index contributed by atoms with van der Waals surface area (Å²) in [4.78, 5) is 17.3. The van der Waals surface area contributed by atoms with E-state index in [1.807, 2.05) is 84.9 Å². The van der Waals surface area contributed by atoms with Gasteiger partial charge in [-0.2, -0.15) is 5.26 Å². The molecule has 1 aromatic heterocycles. The van der Waals surface area contributed by atoms with Crippen molar-refractivity contribution in [3.8, 4) is 40.0 Å². The molecule has 0 fully saturated rings. The Labute approximate surface area is 201 Å². The smallest absolute Gasteiger partial charge is 0.234 e. The summed E-state index contributed by atoms with van der Waals surface area (Å²) in [5.41, 5.74) is 4.32. The number of nitrogens with zero attached hydrogens (tertiary/aromatic N) is 2. The number of thioether (sulfide) groups is 1. The fourth-order valence-corrected chi connectivity index (χ4v) is 4.44. The number of nitriles is 1. The highest BCUT2D eigenvalue weighted by molar-refractivity contribution is 8.00. The van der Waals surface area contributed by atoms with Gasteiger partial charge in [0.1, 0.15) is 11.1 Å². The monoisotopic (exact) mass is 465 g/mol. The Morgan fingerprint density at radius 3 is 2.44 bits per heavy atom. The van der Waals surface area contributed by atoms with Crippen molar-refractivity contribution >= 4 is 23.4 Å². The minimum atomic E-state index is -0.170. The number of fused-ring (bicyclic) bond motifs is 1. The molecular weight excluding hydrogens is 446 g/mol. The second-order valence-electron chi connectivity index (χ2n) is 7.48. The van der Waals surface area contributed by atoms with Crippen LogP contribution in [0.15, 0.2) is 90.0 Å². The molecule has 0 spiro atoms. The van der Waals surface area contributed by atoms with Crippen LogP contribution in [-0.2, 0) is 4.79 Å². The summed E-state index contributed by atoms with van der Waals surface area (Å²) in [5.74, 6) is 1.26. The summed E-state index contributed by atoms with van der Waals surface area (Å²) >= 11 is 1.24. The van der Waals surface area contributed by atoms with Crippen LogP contribution >= 0.6 is 11.8 Å². The second-order valence-corrected chi connectivity index (χ2v) is 8.45. The van der Waals surface area contributed by atoms with E-state index < -0.39 is 0 Å². The Morgan fingerprint density at radius 2 is 1.68 bits per heavy atom. The Bertz CT molecular complexity index is 1390. The van der Waals surface area contributed by atoms with Gasteiger partial charge in [0.2, 0.25) is 12.7 Å². The average molecular weight is 466 g/mol. The van der Waals surface area contributed by atoms with Crippen molar-refractivity contribution in [3.05, 3.63) is 90.5 Å². The summed E-state index contributed by atoms with van der Waals surface area (Å²) in [6, 6.07) is 28.8. The number of anilines is 1. The van der Waals surface area contributed by atoms with Crippen LogP contribution in [0.25, 0.3) is 22.4 Å². The zero-order valence-electron chi connectivity index (χ0n) is 18.0. The first-order valence-electron chi connectivity index (χ1n) is 10.6. The van der Waals surface area contributed by atoms with Gasteiger partial charge in [0.25, 0.3) is 0 Å². The van der Waals surface area contributed by atoms with Gasteiger partial charge in [-0.1, -0.05) is 66.4 Å². The Morgan fingerprint density at radius 1 is 0.941 bits per heavy atom. The van der Waals surface area contributed by atoms with Crippen molar-refractivity contribution in [2.24, 2.45) is 0 Å². The number of aromatic nitrogens is 1. The molecule has 7 heteroatoms. The maximum Gasteiger partial charge on any atom is 0.234 e.